The van der Waals surface area contributed by atoms with Crippen LogP contribution in [0.4, 0.5) is 0 Å². The third-order valence-corrected chi connectivity index (χ3v) is 6.76. The molecule has 0 atom stereocenters. The molecule has 0 aliphatic rings. The Labute approximate surface area is 164 Å². The van der Waals surface area contributed by atoms with Crippen molar-refractivity contribution >= 4 is 27.3 Å². The summed E-state index contributed by atoms with van der Waals surface area (Å²) >= 11 is 1.25. The van der Waals surface area contributed by atoms with Gasteiger partial charge in [-0.05, 0) is 37.6 Å². The highest BCUT2D eigenvalue weighted by molar-refractivity contribution is 7.91. The van der Waals surface area contributed by atoms with Gasteiger partial charge in [0.25, 0.3) is 0 Å². The molecule has 1 heterocycles. The molecule has 0 aliphatic carbocycles. The Hall–Kier alpha value is -2.10. The van der Waals surface area contributed by atoms with E-state index in [2.05, 4.69) is 20.3 Å². The molecule has 9 heteroatoms. The van der Waals surface area contributed by atoms with Gasteiger partial charge in [-0.25, -0.2) is 13.1 Å². The highest BCUT2D eigenvalue weighted by Gasteiger charge is 2.15. The lowest BCUT2D eigenvalue weighted by Gasteiger charge is -2.14. The number of hydrogen-bond acceptors (Lipinski definition) is 5. The molecule has 1 aromatic carbocycles. The molecule has 2 aromatic rings. The van der Waals surface area contributed by atoms with Crippen molar-refractivity contribution in [1.29, 1.82) is 0 Å². The van der Waals surface area contributed by atoms with Gasteiger partial charge in [0.1, 0.15) is 9.96 Å². The summed E-state index contributed by atoms with van der Waals surface area (Å²) in [6, 6.07) is 9.42. The van der Waals surface area contributed by atoms with Crippen molar-refractivity contribution in [3.63, 3.8) is 0 Å². The van der Waals surface area contributed by atoms with Gasteiger partial charge in [-0.15, -0.1) is 11.3 Å². The van der Waals surface area contributed by atoms with Gasteiger partial charge in [0.2, 0.25) is 10.0 Å². The van der Waals surface area contributed by atoms with Crippen LogP contribution < -0.4 is 20.1 Å². The van der Waals surface area contributed by atoms with E-state index in [4.69, 9.17) is 4.74 Å². The summed E-state index contributed by atoms with van der Waals surface area (Å²) in [6.45, 7) is 5.11. The van der Waals surface area contributed by atoms with Crippen LogP contribution in [0.25, 0.3) is 0 Å². The van der Waals surface area contributed by atoms with Crippen LogP contribution >= 0.6 is 11.3 Å². The fourth-order valence-electron chi connectivity index (χ4n) is 2.39. The summed E-state index contributed by atoms with van der Waals surface area (Å²) in [5.74, 6) is 1.40. The van der Waals surface area contributed by atoms with Gasteiger partial charge in [0, 0.05) is 37.1 Å². The van der Waals surface area contributed by atoms with Gasteiger partial charge in [-0.3, -0.25) is 4.99 Å². The predicted molar refractivity (Wildman–Crippen MR) is 110 cm³/mol. The Kier molecular flexibility index (Phi) is 7.64. The van der Waals surface area contributed by atoms with Crippen LogP contribution in [-0.4, -0.2) is 41.6 Å². The number of thiophene rings is 1. The van der Waals surface area contributed by atoms with Crippen LogP contribution in [0, 0.1) is 13.8 Å². The van der Waals surface area contributed by atoms with Gasteiger partial charge < -0.3 is 15.4 Å². The second-order valence-electron chi connectivity index (χ2n) is 5.93. The molecule has 0 fully saturated rings. The summed E-state index contributed by atoms with van der Waals surface area (Å²) in [4.78, 5) is 5.11. The topological polar surface area (TPSA) is 91.8 Å². The molecule has 0 aliphatic heterocycles. The minimum absolute atomic E-state index is 0.258. The zero-order valence-corrected chi connectivity index (χ0v) is 17.6. The van der Waals surface area contributed by atoms with Gasteiger partial charge in [-0.1, -0.05) is 12.1 Å². The number of hydrogen-bond donors (Lipinski definition) is 3. The molecule has 7 nitrogen and oxygen atoms in total. The first kappa shape index (κ1) is 21.2. The number of methoxy groups -OCH3 is 1. The molecule has 0 saturated heterocycles. The van der Waals surface area contributed by atoms with E-state index in [9.17, 15) is 8.42 Å². The van der Waals surface area contributed by atoms with E-state index in [0.29, 0.717) is 23.3 Å². The molecule has 148 valence electrons. The summed E-state index contributed by atoms with van der Waals surface area (Å²) in [5, 5.41) is 6.29. The minimum Gasteiger partial charge on any atom is -0.496 e. The summed E-state index contributed by atoms with van der Waals surface area (Å²) in [6.07, 6.45) is 0. The van der Waals surface area contributed by atoms with E-state index in [0.717, 1.165) is 21.8 Å². The lowest BCUT2D eigenvalue weighted by atomic mass is 10.1. The number of nitrogens with zero attached hydrogens (tertiary/aromatic N) is 1. The monoisotopic (exact) mass is 410 g/mol. The van der Waals surface area contributed by atoms with E-state index in [1.165, 1.54) is 11.3 Å². The number of aliphatic imine (C=N–C) groups is 1. The maximum atomic E-state index is 12.2. The van der Waals surface area contributed by atoms with Crippen molar-refractivity contribution in [3.05, 3.63) is 46.3 Å². The van der Waals surface area contributed by atoms with Crippen molar-refractivity contribution in [2.75, 3.05) is 27.2 Å². The summed E-state index contributed by atoms with van der Waals surface area (Å²) < 4.78 is 32.7. The van der Waals surface area contributed by atoms with E-state index in [-0.39, 0.29) is 6.54 Å². The van der Waals surface area contributed by atoms with Crippen LogP contribution in [0.5, 0.6) is 5.75 Å². The van der Waals surface area contributed by atoms with Crippen molar-refractivity contribution in [3.8, 4) is 5.75 Å². The lowest BCUT2D eigenvalue weighted by Crippen LogP contribution is -2.41. The number of nitrogens with one attached hydrogen (secondary N) is 3. The van der Waals surface area contributed by atoms with Crippen molar-refractivity contribution in [1.82, 2.24) is 15.4 Å². The Morgan fingerprint density at radius 3 is 2.56 bits per heavy atom. The predicted octanol–water partition coefficient (Wildman–Crippen LogP) is 2.02. The average molecular weight is 411 g/mol. The first-order valence-electron chi connectivity index (χ1n) is 8.50. The van der Waals surface area contributed by atoms with Crippen LogP contribution in [0.15, 0.2) is 39.5 Å². The summed E-state index contributed by atoms with van der Waals surface area (Å²) in [5.41, 5.74) is 2.14. The van der Waals surface area contributed by atoms with E-state index in [1.54, 1.807) is 26.3 Å². The summed E-state index contributed by atoms with van der Waals surface area (Å²) in [7, 11) is -0.148. The van der Waals surface area contributed by atoms with Crippen LogP contribution in [0.3, 0.4) is 0 Å². The standard InChI is InChI=1S/C18H26N4O3S2/c1-13-5-7-15(16(11-13)25-4)12-21-18(19-3)20-9-10-22-27(23,24)17-8-6-14(2)26-17/h5-8,11,22H,9-10,12H2,1-4H3,(H2,19,20,21). The Bertz CT molecular complexity index is 892. The molecular formula is C18H26N4O3S2. The Morgan fingerprint density at radius 2 is 1.93 bits per heavy atom. The maximum Gasteiger partial charge on any atom is 0.250 e. The second-order valence-corrected chi connectivity index (χ2v) is 9.21. The SMILES string of the molecule is CN=C(NCCNS(=O)(=O)c1ccc(C)s1)NCc1ccc(C)cc1OC. The fourth-order valence-corrected chi connectivity index (χ4v) is 4.75. The number of guanidine groups is 1. The minimum atomic E-state index is -3.46. The van der Waals surface area contributed by atoms with Crippen LogP contribution in [0.2, 0.25) is 0 Å². The quantitative estimate of drug-likeness (QED) is 0.352. The van der Waals surface area contributed by atoms with E-state index in [1.807, 2.05) is 32.0 Å². The molecule has 3 N–H and O–H groups in total. The third kappa shape index (κ3) is 6.23. The van der Waals surface area contributed by atoms with Gasteiger partial charge >= 0.3 is 0 Å². The Morgan fingerprint density at radius 1 is 1.15 bits per heavy atom. The lowest BCUT2D eigenvalue weighted by molar-refractivity contribution is 0.408. The average Bonchev–Trinajstić information content (AvgIpc) is 3.09. The number of ether oxygens (including phenoxy) is 1. The molecule has 0 radical (unpaired) electrons. The number of benzene rings is 1. The zero-order chi connectivity index (χ0) is 19.9. The molecule has 27 heavy (non-hydrogen) atoms. The van der Waals surface area contributed by atoms with Gasteiger partial charge in [0.05, 0.1) is 7.11 Å². The maximum absolute atomic E-state index is 12.2. The van der Waals surface area contributed by atoms with Crippen molar-refractivity contribution < 1.29 is 13.2 Å². The molecule has 2 rings (SSSR count). The van der Waals surface area contributed by atoms with E-state index >= 15 is 0 Å². The molecule has 1 aromatic heterocycles. The van der Waals surface area contributed by atoms with Gasteiger partial charge in [0.15, 0.2) is 5.96 Å². The molecular weight excluding hydrogens is 384 g/mol. The highest BCUT2D eigenvalue weighted by atomic mass is 32.2. The first-order chi connectivity index (χ1) is 12.9. The largest absolute Gasteiger partial charge is 0.496 e. The third-order valence-electron chi connectivity index (χ3n) is 3.80. The normalized spacial score (nSPS) is 12.1. The highest BCUT2D eigenvalue weighted by Crippen LogP contribution is 2.20. The molecule has 0 saturated carbocycles. The molecule has 0 bridgehead atoms. The van der Waals surface area contributed by atoms with Crippen molar-refractivity contribution in [2.24, 2.45) is 4.99 Å². The molecule has 0 unspecified atom stereocenters. The second kappa shape index (κ2) is 9.72. The van der Waals surface area contributed by atoms with Crippen LogP contribution in [0.1, 0.15) is 16.0 Å². The number of sulfonamides is 1. The Balaban J connectivity index is 1.81. The smallest absolute Gasteiger partial charge is 0.250 e. The number of aryl methyl sites for hydroxylation is 2. The molecule has 0 amide bonds. The van der Waals surface area contributed by atoms with Crippen LogP contribution in [-0.2, 0) is 16.6 Å². The molecule has 0 spiro atoms. The number of rotatable bonds is 8. The first-order valence-corrected chi connectivity index (χ1v) is 10.8. The fraction of sp³-hybridized carbons (Fsp3) is 0.389. The zero-order valence-electron chi connectivity index (χ0n) is 16.0. The van der Waals surface area contributed by atoms with E-state index < -0.39 is 10.0 Å². The van der Waals surface area contributed by atoms with Gasteiger partial charge in [-0.2, -0.15) is 0 Å². The van der Waals surface area contributed by atoms with Crippen molar-refractivity contribution in [2.45, 2.75) is 24.6 Å².